The van der Waals surface area contributed by atoms with E-state index in [0.717, 1.165) is 5.56 Å². The minimum absolute atomic E-state index is 0.0441. The lowest BCUT2D eigenvalue weighted by atomic mass is 10.1. The molecule has 0 radical (unpaired) electrons. The molecule has 0 aliphatic carbocycles. The van der Waals surface area contributed by atoms with Crippen LogP contribution >= 0.6 is 0 Å². The maximum absolute atomic E-state index is 14.0. The van der Waals surface area contributed by atoms with Gasteiger partial charge in [0.05, 0.1) is 39.2 Å². The molecule has 32 heavy (non-hydrogen) atoms. The number of halogens is 1. The number of hydrogen-bond donors (Lipinski definition) is 0. The van der Waals surface area contributed by atoms with E-state index < -0.39 is 17.9 Å². The number of methoxy groups -OCH3 is 1. The Balaban J connectivity index is 1.72. The van der Waals surface area contributed by atoms with E-state index in [9.17, 15) is 18.8 Å². The van der Waals surface area contributed by atoms with Crippen LogP contribution in [-0.2, 0) is 36.9 Å². The number of amides is 2. The van der Waals surface area contributed by atoms with Crippen LogP contribution in [0.4, 0.5) is 4.39 Å². The molecular weight excluding hydrogens is 417 g/mol. The van der Waals surface area contributed by atoms with E-state index in [1.807, 2.05) is 12.1 Å². The summed E-state index contributed by atoms with van der Waals surface area (Å²) < 4.78 is 24.7. The number of pyridine rings is 1. The van der Waals surface area contributed by atoms with E-state index in [1.54, 1.807) is 30.6 Å². The Morgan fingerprint density at radius 3 is 2.62 bits per heavy atom. The van der Waals surface area contributed by atoms with Crippen molar-refractivity contribution in [3.63, 3.8) is 0 Å². The molecule has 2 amide bonds. The molecule has 1 aromatic carbocycles. The van der Waals surface area contributed by atoms with Crippen LogP contribution in [0.2, 0.25) is 0 Å². The van der Waals surface area contributed by atoms with E-state index in [0.29, 0.717) is 0 Å². The van der Waals surface area contributed by atoms with Crippen molar-refractivity contribution in [1.82, 2.24) is 14.8 Å². The second kappa shape index (κ2) is 11.3. The monoisotopic (exact) mass is 443 g/mol. The van der Waals surface area contributed by atoms with Gasteiger partial charge in [-0.2, -0.15) is 0 Å². The first kappa shape index (κ1) is 23.3. The summed E-state index contributed by atoms with van der Waals surface area (Å²) in [5.41, 5.74) is 1.17. The molecule has 3 rings (SSSR count). The molecule has 1 aromatic heterocycles. The van der Waals surface area contributed by atoms with Crippen molar-refractivity contribution in [3.8, 4) is 0 Å². The third-order valence-electron chi connectivity index (χ3n) is 5.23. The second-order valence-corrected chi connectivity index (χ2v) is 7.50. The Hall–Kier alpha value is -3.33. The fourth-order valence-electron chi connectivity index (χ4n) is 3.43. The summed E-state index contributed by atoms with van der Waals surface area (Å²) in [7, 11) is 1.29. The van der Waals surface area contributed by atoms with Crippen molar-refractivity contribution >= 4 is 17.8 Å². The van der Waals surface area contributed by atoms with Crippen LogP contribution in [0.25, 0.3) is 0 Å². The van der Waals surface area contributed by atoms with Gasteiger partial charge in [-0.3, -0.25) is 19.4 Å². The lowest BCUT2D eigenvalue weighted by Gasteiger charge is -2.24. The number of rotatable bonds is 8. The number of carbonyl (C=O) groups is 3. The van der Waals surface area contributed by atoms with Gasteiger partial charge in [0.25, 0.3) is 0 Å². The molecule has 1 aliphatic heterocycles. The topological polar surface area (TPSA) is 89.0 Å². The van der Waals surface area contributed by atoms with Crippen LogP contribution in [0.3, 0.4) is 0 Å². The number of ether oxygens (including phenoxy) is 2. The highest BCUT2D eigenvalue weighted by Crippen LogP contribution is 2.15. The summed E-state index contributed by atoms with van der Waals surface area (Å²) in [4.78, 5) is 44.1. The maximum Gasteiger partial charge on any atom is 0.307 e. The second-order valence-electron chi connectivity index (χ2n) is 7.50. The quantitative estimate of drug-likeness (QED) is 0.576. The van der Waals surface area contributed by atoms with Crippen LogP contribution in [0, 0.1) is 5.82 Å². The first-order valence-electron chi connectivity index (χ1n) is 10.3. The van der Waals surface area contributed by atoms with Crippen molar-refractivity contribution in [1.29, 1.82) is 0 Å². The molecule has 2 heterocycles. The first-order chi connectivity index (χ1) is 15.5. The van der Waals surface area contributed by atoms with E-state index >= 15 is 0 Å². The highest BCUT2D eigenvalue weighted by Gasteiger charge is 2.31. The minimum Gasteiger partial charge on any atom is -0.469 e. The molecule has 1 saturated heterocycles. The van der Waals surface area contributed by atoms with Gasteiger partial charge in [-0.1, -0.05) is 18.2 Å². The lowest BCUT2D eigenvalue weighted by Crippen LogP contribution is -2.40. The van der Waals surface area contributed by atoms with Crippen molar-refractivity contribution in [2.75, 3.05) is 33.3 Å². The summed E-state index contributed by atoms with van der Waals surface area (Å²) in [5, 5.41) is 0. The molecule has 1 fully saturated rings. The maximum atomic E-state index is 14.0. The molecule has 0 bridgehead atoms. The summed E-state index contributed by atoms with van der Waals surface area (Å²) in [6, 6.07) is 9.70. The Labute approximate surface area is 185 Å². The average Bonchev–Trinajstić information content (AvgIpc) is 2.96. The fourth-order valence-corrected chi connectivity index (χ4v) is 3.43. The summed E-state index contributed by atoms with van der Waals surface area (Å²) in [6.07, 6.45) is 2.73. The van der Waals surface area contributed by atoms with Crippen molar-refractivity contribution in [2.45, 2.75) is 25.6 Å². The molecule has 1 unspecified atom stereocenters. The van der Waals surface area contributed by atoms with Crippen molar-refractivity contribution in [2.24, 2.45) is 0 Å². The fraction of sp³-hybridized carbons (Fsp3) is 0.391. The third-order valence-corrected chi connectivity index (χ3v) is 5.23. The molecule has 0 saturated carbocycles. The van der Waals surface area contributed by atoms with Crippen LogP contribution in [0.15, 0.2) is 48.8 Å². The molecular formula is C23H26FN3O5. The Morgan fingerprint density at radius 1 is 1.16 bits per heavy atom. The third kappa shape index (κ3) is 6.58. The summed E-state index contributed by atoms with van der Waals surface area (Å²) in [5.74, 6) is -1.56. The Bertz CT molecular complexity index is 940. The normalized spacial score (nSPS) is 16.6. The summed E-state index contributed by atoms with van der Waals surface area (Å²) in [6.45, 7) is 0.685. The van der Waals surface area contributed by atoms with E-state index in [4.69, 9.17) is 4.74 Å². The Morgan fingerprint density at radius 2 is 1.91 bits per heavy atom. The standard InChI is InChI=1S/C23H26FN3O5/c1-31-23(30)8-11-26-13-19(32-16-17-6-9-25-10-7-17)14-27(15-22(26)29)21(28)12-18-4-2-3-5-20(18)24/h2-7,9-10,19H,8,11-16H2,1H3. The predicted molar refractivity (Wildman–Crippen MR) is 113 cm³/mol. The number of benzene rings is 1. The molecule has 1 aliphatic rings. The smallest absolute Gasteiger partial charge is 0.307 e. The van der Waals surface area contributed by atoms with Gasteiger partial charge in [-0.15, -0.1) is 0 Å². The van der Waals surface area contributed by atoms with Crippen LogP contribution in [0.1, 0.15) is 17.5 Å². The van der Waals surface area contributed by atoms with Crippen molar-refractivity contribution < 1.29 is 28.2 Å². The first-order valence-corrected chi connectivity index (χ1v) is 10.3. The number of nitrogens with zero attached hydrogens (tertiary/aromatic N) is 3. The van der Waals surface area contributed by atoms with E-state index in [-0.39, 0.29) is 63.0 Å². The van der Waals surface area contributed by atoms with Gasteiger partial charge in [-0.05, 0) is 29.3 Å². The molecule has 170 valence electrons. The minimum atomic E-state index is -0.475. The lowest BCUT2D eigenvalue weighted by molar-refractivity contribution is -0.142. The Kier molecular flexibility index (Phi) is 8.27. The highest BCUT2D eigenvalue weighted by atomic mass is 19.1. The molecule has 2 aromatic rings. The molecule has 0 N–H and O–H groups in total. The molecule has 9 heteroatoms. The van der Waals surface area contributed by atoms with Crippen molar-refractivity contribution in [3.05, 3.63) is 65.7 Å². The van der Waals surface area contributed by atoms with Gasteiger partial charge in [0, 0.05) is 32.0 Å². The number of carbonyl (C=O) groups excluding carboxylic acids is 3. The molecule has 0 spiro atoms. The van der Waals surface area contributed by atoms with Crippen LogP contribution in [0.5, 0.6) is 0 Å². The van der Waals surface area contributed by atoms with E-state index in [2.05, 4.69) is 9.72 Å². The van der Waals surface area contributed by atoms with Gasteiger partial charge in [0.2, 0.25) is 11.8 Å². The predicted octanol–water partition coefficient (Wildman–Crippen LogP) is 1.58. The average molecular weight is 443 g/mol. The van der Waals surface area contributed by atoms with Gasteiger partial charge >= 0.3 is 5.97 Å². The van der Waals surface area contributed by atoms with E-state index in [1.165, 1.54) is 23.0 Å². The molecule has 1 atom stereocenters. The van der Waals surface area contributed by atoms with Crippen LogP contribution in [-0.4, -0.2) is 72.0 Å². The van der Waals surface area contributed by atoms with Gasteiger partial charge in [0.15, 0.2) is 0 Å². The number of esters is 1. The zero-order valence-corrected chi connectivity index (χ0v) is 17.9. The highest BCUT2D eigenvalue weighted by molar-refractivity contribution is 5.86. The summed E-state index contributed by atoms with van der Waals surface area (Å²) >= 11 is 0. The SMILES string of the molecule is COC(=O)CCN1CC(OCc2ccncc2)CN(C(=O)Cc2ccccc2F)CC1=O. The molecule has 8 nitrogen and oxygen atoms in total. The van der Waals surface area contributed by atoms with Gasteiger partial charge in [-0.25, -0.2) is 4.39 Å². The van der Waals surface area contributed by atoms with Gasteiger partial charge < -0.3 is 19.3 Å². The zero-order chi connectivity index (χ0) is 22.9. The number of aromatic nitrogens is 1. The zero-order valence-electron chi connectivity index (χ0n) is 17.9. The largest absolute Gasteiger partial charge is 0.469 e. The number of hydrogen-bond acceptors (Lipinski definition) is 6. The van der Waals surface area contributed by atoms with Gasteiger partial charge in [0.1, 0.15) is 5.82 Å². The van der Waals surface area contributed by atoms with Crippen LogP contribution < -0.4 is 0 Å².